The van der Waals surface area contributed by atoms with Crippen molar-refractivity contribution in [3.63, 3.8) is 0 Å². The number of guanidine groups is 1. The minimum atomic E-state index is 0. The third-order valence-electron chi connectivity index (χ3n) is 5.24. The number of rotatable bonds is 8. The van der Waals surface area contributed by atoms with E-state index in [1.807, 2.05) is 30.5 Å². The molecule has 1 aliphatic rings. The first-order valence-electron chi connectivity index (χ1n) is 10.0. The number of ether oxygens (including phenoxy) is 1. The Morgan fingerprint density at radius 1 is 1.28 bits per heavy atom. The molecule has 0 amide bonds. The summed E-state index contributed by atoms with van der Waals surface area (Å²) in [6.07, 6.45) is 2.29. The Kier molecular flexibility index (Phi) is 10.1. The first kappa shape index (κ1) is 23.8. The lowest BCUT2D eigenvalue weighted by Gasteiger charge is -2.22. The van der Waals surface area contributed by atoms with Crippen LogP contribution < -0.4 is 20.3 Å². The van der Waals surface area contributed by atoms with Gasteiger partial charge >= 0.3 is 0 Å². The molecule has 1 aromatic heterocycles. The molecule has 0 bridgehead atoms. The van der Waals surface area contributed by atoms with E-state index in [1.54, 1.807) is 7.11 Å². The minimum Gasteiger partial charge on any atom is -0.495 e. The second-order valence-corrected chi connectivity index (χ2v) is 8.53. The molecule has 1 saturated heterocycles. The van der Waals surface area contributed by atoms with Crippen LogP contribution in [-0.2, 0) is 6.42 Å². The summed E-state index contributed by atoms with van der Waals surface area (Å²) in [5, 5.41) is 9.13. The van der Waals surface area contributed by atoms with Crippen LogP contribution in [0.1, 0.15) is 18.2 Å². The van der Waals surface area contributed by atoms with Gasteiger partial charge in [-0.15, -0.1) is 35.3 Å². The Labute approximate surface area is 196 Å². The molecule has 160 valence electrons. The highest BCUT2D eigenvalue weighted by molar-refractivity contribution is 14.0. The van der Waals surface area contributed by atoms with Gasteiger partial charge in [-0.1, -0.05) is 25.1 Å². The highest BCUT2D eigenvalue weighted by atomic mass is 127. The molecular weight excluding hydrogens is 495 g/mol. The second kappa shape index (κ2) is 12.3. The quantitative estimate of drug-likeness (QED) is 0.306. The highest BCUT2D eigenvalue weighted by Crippen LogP contribution is 2.31. The monoisotopic (exact) mass is 528 g/mol. The maximum atomic E-state index is 5.51. The van der Waals surface area contributed by atoms with Gasteiger partial charge in [-0.3, -0.25) is 4.99 Å². The molecule has 0 aliphatic carbocycles. The first-order chi connectivity index (χ1) is 13.7. The molecule has 0 saturated carbocycles. The Bertz CT molecular complexity index is 753. The van der Waals surface area contributed by atoms with Gasteiger partial charge in [-0.05, 0) is 48.3 Å². The van der Waals surface area contributed by atoms with Crippen molar-refractivity contribution in [3.05, 3.63) is 46.7 Å². The fourth-order valence-electron chi connectivity index (χ4n) is 3.69. The first-order valence-corrected chi connectivity index (χ1v) is 10.9. The third kappa shape index (κ3) is 7.06. The topological polar surface area (TPSA) is 48.9 Å². The third-order valence-corrected chi connectivity index (χ3v) is 6.14. The van der Waals surface area contributed by atoms with Crippen molar-refractivity contribution in [1.29, 1.82) is 0 Å². The van der Waals surface area contributed by atoms with Gasteiger partial charge in [0.25, 0.3) is 0 Å². The van der Waals surface area contributed by atoms with Gasteiger partial charge in [0.15, 0.2) is 5.96 Å². The lowest BCUT2D eigenvalue weighted by Crippen LogP contribution is -2.42. The Hall–Kier alpha value is -1.48. The van der Waals surface area contributed by atoms with Gasteiger partial charge in [0, 0.05) is 38.1 Å². The summed E-state index contributed by atoms with van der Waals surface area (Å²) >= 11 is 1.83. The van der Waals surface area contributed by atoms with Crippen LogP contribution in [-0.4, -0.2) is 46.3 Å². The zero-order valence-corrected chi connectivity index (χ0v) is 20.7. The molecule has 2 unspecified atom stereocenters. The molecule has 1 fully saturated rings. The predicted octanol–water partition coefficient (Wildman–Crippen LogP) is 4.24. The normalized spacial score (nSPS) is 17.6. The molecule has 29 heavy (non-hydrogen) atoms. The maximum Gasteiger partial charge on any atom is 0.190 e. The van der Waals surface area contributed by atoms with E-state index in [1.165, 1.54) is 17.0 Å². The van der Waals surface area contributed by atoms with Gasteiger partial charge in [0.05, 0.1) is 12.8 Å². The second-order valence-electron chi connectivity index (χ2n) is 7.50. The molecule has 1 aromatic carbocycles. The van der Waals surface area contributed by atoms with Crippen LogP contribution in [0.5, 0.6) is 5.75 Å². The fraction of sp³-hybridized carbons (Fsp3) is 0.500. The van der Waals surface area contributed by atoms with Gasteiger partial charge < -0.3 is 20.3 Å². The van der Waals surface area contributed by atoms with E-state index in [9.17, 15) is 0 Å². The lowest BCUT2D eigenvalue weighted by molar-refractivity contribution is 0.414. The predicted molar refractivity (Wildman–Crippen MR) is 135 cm³/mol. The van der Waals surface area contributed by atoms with E-state index in [-0.39, 0.29) is 24.0 Å². The number of aliphatic imine (C=N–C) groups is 1. The molecule has 3 rings (SSSR count). The summed E-state index contributed by atoms with van der Waals surface area (Å²) in [5.74, 6) is 3.03. The zero-order valence-electron chi connectivity index (χ0n) is 17.6. The van der Waals surface area contributed by atoms with Crippen LogP contribution >= 0.6 is 35.3 Å². The Morgan fingerprint density at radius 2 is 2.10 bits per heavy atom. The van der Waals surface area contributed by atoms with Crippen molar-refractivity contribution in [3.8, 4) is 5.75 Å². The van der Waals surface area contributed by atoms with Gasteiger partial charge in [-0.2, -0.15) is 0 Å². The molecule has 2 heterocycles. The number of para-hydroxylation sites is 2. The van der Waals surface area contributed by atoms with Crippen molar-refractivity contribution in [2.75, 3.05) is 45.2 Å². The van der Waals surface area contributed by atoms with Crippen molar-refractivity contribution in [1.82, 2.24) is 10.6 Å². The fourth-order valence-corrected chi connectivity index (χ4v) is 4.56. The van der Waals surface area contributed by atoms with E-state index < -0.39 is 0 Å². The van der Waals surface area contributed by atoms with Gasteiger partial charge in [0.1, 0.15) is 5.75 Å². The summed E-state index contributed by atoms with van der Waals surface area (Å²) in [6, 6.07) is 12.6. The maximum absolute atomic E-state index is 5.51. The number of hydrogen-bond donors (Lipinski definition) is 2. The highest BCUT2D eigenvalue weighted by Gasteiger charge is 2.24. The van der Waals surface area contributed by atoms with Gasteiger partial charge in [-0.25, -0.2) is 0 Å². The molecular formula is C22H33IN4OS. The number of nitrogens with one attached hydrogen (secondary N) is 2. The van der Waals surface area contributed by atoms with Crippen molar-refractivity contribution < 1.29 is 4.74 Å². The number of thiophene rings is 1. The van der Waals surface area contributed by atoms with Crippen LogP contribution in [0.25, 0.3) is 0 Å². The summed E-state index contributed by atoms with van der Waals surface area (Å²) in [7, 11) is 3.58. The zero-order chi connectivity index (χ0) is 19.8. The van der Waals surface area contributed by atoms with E-state index in [4.69, 9.17) is 4.74 Å². The average Bonchev–Trinajstić information content (AvgIpc) is 3.40. The van der Waals surface area contributed by atoms with E-state index >= 15 is 0 Å². The number of nitrogens with zero attached hydrogens (tertiary/aromatic N) is 2. The summed E-state index contributed by atoms with van der Waals surface area (Å²) < 4.78 is 5.51. The molecule has 7 heteroatoms. The Morgan fingerprint density at radius 3 is 2.83 bits per heavy atom. The van der Waals surface area contributed by atoms with Crippen LogP contribution in [0, 0.1) is 11.8 Å². The Balaban J connectivity index is 0.00000300. The number of benzene rings is 1. The standard InChI is InChI=1S/C22H32N4OS.HI/c1-17(13-19-7-6-12-28-19)14-24-22(23-2)25-15-18-10-11-26(16-18)20-8-4-5-9-21(20)27-3;/h4-9,12,17-18H,10-11,13-16H2,1-3H3,(H2,23,24,25);1H. The van der Waals surface area contributed by atoms with Crippen molar-refractivity contribution in [2.45, 2.75) is 19.8 Å². The number of methoxy groups -OCH3 is 1. The van der Waals surface area contributed by atoms with E-state index in [0.717, 1.165) is 44.3 Å². The van der Waals surface area contributed by atoms with Crippen LogP contribution in [0.2, 0.25) is 0 Å². The molecule has 5 nitrogen and oxygen atoms in total. The SMILES string of the molecule is CN=C(NCC(C)Cc1cccs1)NCC1CCN(c2ccccc2OC)C1.I. The number of hydrogen-bond acceptors (Lipinski definition) is 4. The van der Waals surface area contributed by atoms with Crippen LogP contribution in [0.3, 0.4) is 0 Å². The van der Waals surface area contributed by atoms with E-state index in [2.05, 4.69) is 57.1 Å². The van der Waals surface area contributed by atoms with Crippen molar-refractivity contribution >= 4 is 47.0 Å². The molecule has 0 spiro atoms. The number of anilines is 1. The summed E-state index contributed by atoms with van der Waals surface area (Å²) in [4.78, 5) is 8.25. The van der Waals surface area contributed by atoms with E-state index in [0.29, 0.717) is 11.8 Å². The molecule has 1 aliphatic heterocycles. The smallest absolute Gasteiger partial charge is 0.190 e. The summed E-state index contributed by atoms with van der Waals surface area (Å²) in [6.45, 7) is 6.25. The average molecular weight is 529 g/mol. The van der Waals surface area contributed by atoms with Gasteiger partial charge in [0.2, 0.25) is 0 Å². The molecule has 2 aromatic rings. The van der Waals surface area contributed by atoms with Crippen LogP contribution in [0.4, 0.5) is 5.69 Å². The lowest BCUT2D eigenvalue weighted by atomic mass is 10.1. The number of halogens is 1. The minimum absolute atomic E-state index is 0. The molecule has 2 N–H and O–H groups in total. The largest absolute Gasteiger partial charge is 0.495 e. The molecule has 2 atom stereocenters. The summed E-state index contributed by atoms with van der Waals surface area (Å²) in [5.41, 5.74) is 1.19. The van der Waals surface area contributed by atoms with Crippen LogP contribution in [0.15, 0.2) is 46.8 Å². The van der Waals surface area contributed by atoms with Crippen molar-refractivity contribution in [2.24, 2.45) is 16.8 Å². The molecule has 0 radical (unpaired) electrons.